The molecular formula is C11H11NOS. The minimum absolute atomic E-state index is 0.277. The van der Waals surface area contributed by atoms with Crippen LogP contribution in [0.1, 0.15) is 18.2 Å². The summed E-state index contributed by atoms with van der Waals surface area (Å²) in [5.41, 5.74) is 0.997. The van der Waals surface area contributed by atoms with Crippen molar-refractivity contribution in [1.82, 2.24) is 4.37 Å². The van der Waals surface area contributed by atoms with Crippen molar-refractivity contribution in [3.8, 4) is 0 Å². The highest BCUT2D eigenvalue weighted by Crippen LogP contribution is 2.22. The van der Waals surface area contributed by atoms with E-state index in [0.717, 1.165) is 15.8 Å². The Hall–Kier alpha value is -1.22. The van der Waals surface area contributed by atoms with Crippen molar-refractivity contribution in [2.24, 2.45) is 0 Å². The minimum atomic E-state index is 0.277. The predicted octanol–water partition coefficient (Wildman–Crippen LogP) is 2.82. The van der Waals surface area contributed by atoms with Gasteiger partial charge in [0.2, 0.25) is 0 Å². The first-order chi connectivity index (χ1) is 6.81. The molecule has 2 nitrogen and oxygen atoms in total. The Kier molecular flexibility index (Phi) is 2.59. The number of fused-ring (bicyclic) bond motifs is 1. The molecule has 0 saturated carbocycles. The van der Waals surface area contributed by atoms with Gasteiger partial charge >= 0.3 is 0 Å². The summed E-state index contributed by atoms with van der Waals surface area (Å²) in [5.74, 6) is 0.277. The Morgan fingerprint density at radius 1 is 1.43 bits per heavy atom. The van der Waals surface area contributed by atoms with Crippen LogP contribution < -0.4 is 0 Å². The molecule has 0 aliphatic carbocycles. The van der Waals surface area contributed by atoms with Gasteiger partial charge in [0.25, 0.3) is 0 Å². The normalized spacial score (nSPS) is 10.6. The number of aromatic nitrogens is 1. The lowest BCUT2D eigenvalue weighted by molar-refractivity contribution is -0.118. The second-order valence-corrected chi connectivity index (χ2v) is 4.05. The van der Waals surface area contributed by atoms with Crippen LogP contribution in [0.15, 0.2) is 24.3 Å². The number of hydrogen-bond donors (Lipinski definition) is 0. The lowest BCUT2D eigenvalue weighted by Crippen LogP contribution is -1.98. The molecule has 0 saturated heterocycles. The highest BCUT2D eigenvalue weighted by atomic mass is 32.1. The Balaban J connectivity index is 2.38. The fourth-order valence-electron chi connectivity index (χ4n) is 1.37. The summed E-state index contributed by atoms with van der Waals surface area (Å²) < 4.78 is 4.30. The smallest absolute Gasteiger partial charge is 0.137 e. The number of nitrogens with zero attached hydrogens (tertiary/aromatic N) is 1. The second kappa shape index (κ2) is 3.88. The molecule has 0 unspecified atom stereocenters. The molecule has 0 amide bonds. The number of rotatable bonds is 3. The summed E-state index contributed by atoms with van der Waals surface area (Å²) in [6.45, 7) is 1.89. The molecule has 72 valence electrons. The van der Waals surface area contributed by atoms with Crippen molar-refractivity contribution >= 4 is 28.2 Å². The van der Waals surface area contributed by atoms with E-state index in [4.69, 9.17) is 0 Å². The van der Waals surface area contributed by atoms with Gasteiger partial charge in [-0.3, -0.25) is 4.79 Å². The third kappa shape index (κ3) is 1.68. The van der Waals surface area contributed by atoms with Crippen LogP contribution in [0, 0.1) is 0 Å². The molecule has 1 aromatic carbocycles. The first-order valence-corrected chi connectivity index (χ1v) is 5.43. The third-order valence-electron chi connectivity index (χ3n) is 2.21. The van der Waals surface area contributed by atoms with Crippen molar-refractivity contribution in [1.29, 1.82) is 0 Å². The molecule has 3 heteroatoms. The van der Waals surface area contributed by atoms with Crippen LogP contribution in [0.3, 0.4) is 0 Å². The van der Waals surface area contributed by atoms with E-state index >= 15 is 0 Å². The van der Waals surface area contributed by atoms with Gasteiger partial charge in [0.05, 0.1) is 5.52 Å². The molecular weight excluding hydrogens is 194 g/mol. The standard InChI is InChI=1S/C11H11NOS/c1-2-8(13)7-11-9-5-3-4-6-10(9)12-14-11/h3-6H,2,7H2,1H3. The molecule has 0 bridgehead atoms. The summed E-state index contributed by atoms with van der Waals surface area (Å²) in [6.07, 6.45) is 1.13. The number of ketones is 1. The van der Waals surface area contributed by atoms with Crippen LogP contribution in [-0.4, -0.2) is 10.2 Å². The van der Waals surface area contributed by atoms with Crippen LogP contribution in [0.25, 0.3) is 10.9 Å². The molecule has 0 radical (unpaired) electrons. The van der Waals surface area contributed by atoms with Gasteiger partial charge in [-0.15, -0.1) is 0 Å². The van der Waals surface area contributed by atoms with Crippen LogP contribution in [-0.2, 0) is 11.2 Å². The molecule has 2 rings (SSSR count). The number of carbonyl (C=O) groups excluding carboxylic acids is 1. The maximum atomic E-state index is 11.3. The molecule has 0 aliphatic rings. The molecule has 2 aromatic rings. The van der Waals surface area contributed by atoms with E-state index in [9.17, 15) is 4.79 Å². The van der Waals surface area contributed by atoms with E-state index in [-0.39, 0.29) is 5.78 Å². The van der Waals surface area contributed by atoms with Crippen molar-refractivity contribution in [2.45, 2.75) is 19.8 Å². The lowest BCUT2D eigenvalue weighted by atomic mass is 10.1. The first-order valence-electron chi connectivity index (χ1n) is 4.66. The van der Waals surface area contributed by atoms with Gasteiger partial charge in [0.1, 0.15) is 5.78 Å². The van der Waals surface area contributed by atoms with Gasteiger partial charge in [0.15, 0.2) is 0 Å². The number of hydrogen-bond acceptors (Lipinski definition) is 3. The maximum Gasteiger partial charge on any atom is 0.137 e. The highest BCUT2D eigenvalue weighted by Gasteiger charge is 2.08. The van der Waals surface area contributed by atoms with Crippen LogP contribution in [0.4, 0.5) is 0 Å². The molecule has 14 heavy (non-hydrogen) atoms. The lowest BCUT2D eigenvalue weighted by Gasteiger charge is -1.94. The first kappa shape index (κ1) is 9.34. The quantitative estimate of drug-likeness (QED) is 0.771. The summed E-state index contributed by atoms with van der Waals surface area (Å²) in [4.78, 5) is 12.4. The van der Waals surface area contributed by atoms with Gasteiger partial charge < -0.3 is 0 Å². The molecule has 1 aromatic heterocycles. The third-order valence-corrected chi connectivity index (χ3v) is 3.08. The number of Topliss-reactive ketones (excluding diaryl/α,β-unsaturated/α-hetero) is 1. The Morgan fingerprint density at radius 3 is 3.00 bits per heavy atom. The topological polar surface area (TPSA) is 30.0 Å². The van der Waals surface area contributed by atoms with Crippen molar-refractivity contribution in [3.05, 3.63) is 29.1 Å². The fraction of sp³-hybridized carbons (Fsp3) is 0.273. The Labute approximate surface area is 86.7 Å². The molecule has 1 heterocycles. The van der Waals surface area contributed by atoms with Gasteiger partial charge in [-0.2, -0.15) is 4.37 Å². The van der Waals surface area contributed by atoms with E-state index in [1.807, 2.05) is 31.2 Å². The second-order valence-electron chi connectivity index (χ2n) is 3.19. The van der Waals surface area contributed by atoms with E-state index in [2.05, 4.69) is 4.37 Å². The largest absolute Gasteiger partial charge is 0.299 e. The zero-order valence-corrected chi connectivity index (χ0v) is 8.80. The fourth-order valence-corrected chi connectivity index (χ4v) is 2.24. The number of benzene rings is 1. The Morgan fingerprint density at radius 2 is 2.21 bits per heavy atom. The summed E-state index contributed by atoms with van der Waals surface area (Å²) in [5, 5.41) is 1.12. The van der Waals surface area contributed by atoms with Crippen molar-refractivity contribution < 1.29 is 4.79 Å². The van der Waals surface area contributed by atoms with Gasteiger partial charge in [0, 0.05) is 23.1 Å². The average Bonchev–Trinajstić information content (AvgIpc) is 2.62. The summed E-state index contributed by atoms with van der Waals surface area (Å²) in [6, 6.07) is 7.95. The van der Waals surface area contributed by atoms with E-state index in [0.29, 0.717) is 12.8 Å². The van der Waals surface area contributed by atoms with Crippen molar-refractivity contribution in [3.63, 3.8) is 0 Å². The monoisotopic (exact) mass is 205 g/mol. The van der Waals surface area contributed by atoms with Crippen LogP contribution in [0.5, 0.6) is 0 Å². The Bertz CT molecular complexity index is 461. The molecule has 0 N–H and O–H groups in total. The predicted molar refractivity (Wildman–Crippen MR) is 58.6 cm³/mol. The van der Waals surface area contributed by atoms with Crippen LogP contribution >= 0.6 is 11.5 Å². The zero-order chi connectivity index (χ0) is 9.97. The average molecular weight is 205 g/mol. The zero-order valence-electron chi connectivity index (χ0n) is 7.99. The summed E-state index contributed by atoms with van der Waals surface area (Å²) >= 11 is 1.44. The van der Waals surface area contributed by atoms with Crippen LogP contribution in [0.2, 0.25) is 0 Å². The van der Waals surface area contributed by atoms with E-state index in [1.165, 1.54) is 11.5 Å². The van der Waals surface area contributed by atoms with Gasteiger partial charge in [-0.25, -0.2) is 0 Å². The SMILES string of the molecule is CCC(=O)Cc1snc2ccccc12. The molecule has 0 fully saturated rings. The number of carbonyl (C=O) groups is 1. The minimum Gasteiger partial charge on any atom is -0.299 e. The van der Waals surface area contributed by atoms with Crippen molar-refractivity contribution in [2.75, 3.05) is 0 Å². The molecule has 0 aliphatic heterocycles. The summed E-state index contributed by atoms with van der Waals surface area (Å²) in [7, 11) is 0. The maximum absolute atomic E-state index is 11.3. The highest BCUT2D eigenvalue weighted by molar-refractivity contribution is 7.07. The van der Waals surface area contributed by atoms with E-state index < -0.39 is 0 Å². The molecule has 0 spiro atoms. The van der Waals surface area contributed by atoms with E-state index in [1.54, 1.807) is 0 Å². The van der Waals surface area contributed by atoms with Gasteiger partial charge in [-0.1, -0.05) is 25.1 Å². The van der Waals surface area contributed by atoms with Gasteiger partial charge in [-0.05, 0) is 17.6 Å². The molecule has 0 atom stereocenters.